The molecular weight excluding hydrogens is 549 g/mol. The summed E-state index contributed by atoms with van der Waals surface area (Å²) in [4.78, 5) is 12.7. The number of rotatable bonds is 7. The summed E-state index contributed by atoms with van der Waals surface area (Å²) in [5.74, 6) is 0.644. The fourth-order valence-corrected chi connectivity index (χ4v) is 4.76. The van der Waals surface area contributed by atoms with E-state index in [-0.39, 0.29) is 16.9 Å². The summed E-state index contributed by atoms with van der Waals surface area (Å²) in [6.45, 7) is 6.40. The van der Waals surface area contributed by atoms with Crippen LogP contribution in [-0.2, 0) is 16.4 Å². The molecule has 1 aromatic heterocycles. The van der Waals surface area contributed by atoms with Gasteiger partial charge >= 0.3 is 6.18 Å². The monoisotopic (exact) mass is 574 g/mol. The van der Waals surface area contributed by atoms with Crippen molar-refractivity contribution in [3.05, 3.63) is 82.9 Å². The van der Waals surface area contributed by atoms with Crippen molar-refractivity contribution in [3.63, 3.8) is 0 Å². The van der Waals surface area contributed by atoms with Crippen LogP contribution in [0.4, 0.5) is 18.9 Å². The van der Waals surface area contributed by atoms with Crippen LogP contribution in [0, 0.1) is 0 Å². The third-order valence-corrected chi connectivity index (χ3v) is 7.12. The number of anilines is 1. The fraction of sp³-hybridized carbons (Fsp3) is 0.250. The van der Waals surface area contributed by atoms with Gasteiger partial charge in [-0.05, 0) is 53.4 Å². The van der Waals surface area contributed by atoms with Gasteiger partial charge in [0.2, 0.25) is 5.91 Å². The second-order valence-corrected chi connectivity index (χ2v) is 11.0. The maximum atomic E-state index is 13.2. The summed E-state index contributed by atoms with van der Waals surface area (Å²) in [5.41, 5.74) is 1.73. The molecule has 6 nitrogen and oxygen atoms in total. The highest BCUT2D eigenvalue weighted by atomic mass is 35.5. The van der Waals surface area contributed by atoms with Crippen molar-refractivity contribution < 1.29 is 22.7 Å². The molecule has 0 aliphatic carbocycles. The van der Waals surface area contributed by atoms with Gasteiger partial charge in [-0.15, -0.1) is 10.2 Å². The number of aromatic nitrogens is 3. The predicted molar refractivity (Wildman–Crippen MR) is 148 cm³/mol. The number of carbonyl (C=O) groups is 1. The number of nitrogens with zero attached hydrogens (tertiary/aromatic N) is 3. The van der Waals surface area contributed by atoms with Crippen molar-refractivity contribution in [2.75, 3.05) is 18.2 Å². The third-order valence-electron chi connectivity index (χ3n) is 5.86. The van der Waals surface area contributed by atoms with Gasteiger partial charge in [-0.1, -0.05) is 68.4 Å². The normalized spacial score (nSPS) is 11.9. The van der Waals surface area contributed by atoms with E-state index in [1.807, 2.05) is 53.1 Å². The van der Waals surface area contributed by atoms with E-state index in [1.54, 1.807) is 7.11 Å². The molecule has 1 N–H and O–H groups in total. The van der Waals surface area contributed by atoms with E-state index in [1.165, 1.54) is 11.6 Å². The fourth-order valence-electron chi connectivity index (χ4n) is 3.78. The number of hydrogen-bond acceptors (Lipinski definition) is 5. The first-order valence-corrected chi connectivity index (χ1v) is 13.2. The zero-order valence-corrected chi connectivity index (χ0v) is 23.2. The van der Waals surface area contributed by atoms with Crippen LogP contribution in [0.15, 0.2) is 71.9 Å². The zero-order chi connectivity index (χ0) is 28.4. The average Bonchev–Trinajstić information content (AvgIpc) is 3.31. The van der Waals surface area contributed by atoms with Crippen LogP contribution in [-0.4, -0.2) is 33.5 Å². The van der Waals surface area contributed by atoms with Crippen LogP contribution in [0.5, 0.6) is 5.75 Å². The standard InChI is InChI=1S/C28H26ClF3N4O2S/c1-27(2,3)18-7-5-17(6-8-18)25-34-35-26(36(25)20-10-12-21(38-4)13-11-20)39-16-24(37)33-19-9-14-23(29)22(15-19)28(30,31)32/h5-15H,16H2,1-4H3,(H,33,37). The largest absolute Gasteiger partial charge is 0.497 e. The van der Waals surface area contributed by atoms with Gasteiger partial charge in [0.05, 0.1) is 23.4 Å². The third kappa shape index (κ3) is 6.75. The lowest BCUT2D eigenvalue weighted by Crippen LogP contribution is -2.15. The summed E-state index contributed by atoms with van der Waals surface area (Å²) in [7, 11) is 1.58. The van der Waals surface area contributed by atoms with Gasteiger partial charge < -0.3 is 10.1 Å². The van der Waals surface area contributed by atoms with Crippen molar-refractivity contribution in [1.82, 2.24) is 14.8 Å². The summed E-state index contributed by atoms with van der Waals surface area (Å²) in [6, 6.07) is 18.6. The van der Waals surface area contributed by atoms with Crippen molar-refractivity contribution in [2.24, 2.45) is 0 Å². The molecule has 0 spiro atoms. The number of thioether (sulfide) groups is 1. The molecule has 0 aliphatic rings. The molecule has 3 aromatic carbocycles. The van der Waals surface area contributed by atoms with Crippen molar-refractivity contribution in [2.45, 2.75) is 37.5 Å². The Hall–Kier alpha value is -3.50. The van der Waals surface area contributed by atoms with Crippen LogP contribution >= 0.6 is 23.4 Å². The number of methoxy groups -OCH3 is 1. The minimum atomic E-state index is -4.64. The SMILES string of the molecule is COc1ccc(-n2c(SCC(=O)Nc3ccc(Cl)c(C(F)(F)F)c3)nnc2-c2ccc(C(C)(C)C)cc2)cc1. The van der Waals surface area contributed by atoms with Crippen molar-refractivity contribution in [3.8, 4) is 22.8 Å². The number of benzene rings is 3. The van der Waals surface area contributed by atoms with Gasteiger partial charge in [0, 0.05) is 16.9 Å². The maximum absolute atomic E-state index is 13.2. The Labute approximate surface area is 233 Å². The Kier molecular flexibility index (Phi) is 8.27. The van der Waals surface area contributed by atoms with Gasteiger partial charge in [0.25, 0.3) is 0 Å². The molecule has 0 saturated heterocycles. The number of ether oxygens (including phenoxy) is 1. The Balaban J connectivity index is 1.60. The second-order valence-electron chi connectivity index (χ2n) is 9.70. The van der Waals surface area contributed by atoms with E-state index >= 15 is 0 Å². The molecule has 1 heterocycles. The topological polar surface area (TPSA) is 69.0 Å². The number of halogens is 4. The Morgan fingerprint density at radius 2 is 1.67 bits per heavy atom. The quantitative estimate of drug-likeness (QED) is 0.230. The van der Waals surface area contributed by atoms with Crippen LogP contribution in [0.25, 0.3) is 17.1 Å². The molecule has 0 fully saturated rings. The molecule has 0 bridgehead atoms. The smallest absolute Gasteiger partial charge is 0.417 e. The van der Waals surface area contributed by atoms with Crippen molar-refractivity contribution in [1.29, 1.82) is 0 Å². The van der Waals surface area contributed by atoms with E-state index in [0.717, 1.165) is 35.1 Å². The maximum Gasteiger partial charge on any atom is 0.417 e. The summed E-state index contributed by atoms with van der Waals surface area (Å²) in [6.07, 6.45) is -4.64. The molecule has 0 atom stereocenters. The second kappa shape index (κ2) is 11.3. The minimum Gasteiger partial charge on any atom is -0.497 e. The molecular formula is C28H26ClF3N4O2S. The van der Waals surface area contributed by atoms with E-state index < -0.39 is 22.7 Å². The lowest BCUT2D eigenvalue weighted by atomic mass is 9.87. The lowest BCUT2D eigenvalue weighted by Gasteiger charge is -2.19. The summed E-state index contributed by atoms with van der Waals surface area (Å²) >= 11 is 6.79. The first-order valence-electron chi connectivity index (χ1n) is 11.9. The Morgan fingerprint density at radius 3 is 2.26 bits per heavy atom. The number of alkyl halides is 3. The molecule has 0 radical (unpaired) electrons. The van der Waals surface area contributed by atoms with Crippen LogP contribution in [0.1, 0.15) is 31.9 Å². The first kappa shape index (κ1) is 28.5. The summed E-state index contributed by atoms with van der Waals surface area (Å²) in [5, 5.41) is 11.2. The molecule has 0 aliphatic heterocycles. The van der Waals surface area contributed by atoms with E-state index in [2.05, 4.69) is 36.3 Å². The first-order chi connectivity index (χ1) is 18.4. The summed E-state index contributed by atoms with van der Waals surface area (Å²) < 4.78 is 46.7. The highest BCUT2D eigenvalue weighted by Crippen LogP contribution is 2.36. The van der Waals surface area contributed by atoms with E-state index in [9.17, 15) is 18.0 Å². The number of carbonyl (C=O) groups excluding carboxylic acids is 1. The highest BCUT2D eigenvalue weighted by Gasteiger charge is 2.33. The van der Waals surface area contributed by atoms with Crippen molar-refractivity contribution >= 4 is 35.0 Å². The van der Waals surface area contributed by atoms with Gasteiger partial charge in [-0.3, -0.25) is 9.36 Å². The Morgan fingerprint density at radius 1 is 1.00 bits per heavy atom. The highest BCUT2D eigenvalue weighted by molar-refractivity contribution is 7.99. The molecule has 1 amide bonds. The van der Waals surface area contributed by atoms with Gasteiger partial charge in [0.1, 0.15) is 5.75 Å². The molecule has 204 valence electrons. The average molecular weight is 575 g/mol. The molecule has 4 rings (SSSR count). The molecule has 4 aromatic rings. The molecule has 11 heteroatoms. The predicted octanol–water partition coefficient (Wildman–Crippen LogP) is 7.64. The molecule has 0 saturated carbocycles. The Bertz CT molecular complexity index is 1460. The minimum absolute atomic E-state index is 0.00595. The zero-order valence-electron chi connectivity index (χ0n) is 21.6. The lowest BCUT2D eigenvalue weighted by molar-refractivity contribution is -0.137. The van der Waals surface area contributed by atoms with Gasteiger partial charge in [-0.25, -0.2) is 0 Å². The molecule has 39 heavy (non-hydrogen) atoms. The van der Waals surface area contributed by atoms with E-state index in [4.69, 9.17) is 16.3 Å². The van der Waals surface area contributed by atoms with Gasteiger partial charge in [-0.2, -0.15) is 13.2 Å². The van der Waals surface area contributed by atoms with Crippen LogP contribution in [0.3, 0.4) is 0 Å². The van der Waals surface area contributed by atoms with Gasteiger partial charge in [0.15, 0.2) is 11.0 Å². The number of nitrogens with one attached hydrogen (secondary N) is 1. The van der Waals surface area contributed by atoms with E-state index in [0.29, 0.717) is 16.7 Å². The number of amides is 1. The van der Waals surface area contributed by atoms with Crippen LogP contribution in [0.2, 0.25) is 5.02 Å². The number of hydrogen-bond donors (Lipinski definition) is 1. The van der Waals surface area contributed by atoms with Crippen LogP contribution < -0.4 is 10.1 Å². The molecule has 0 unspecified atom stereocenters.